The van der Waals surface area contributed by atoms with Crippen molar-refractivity contribution in [3.63, 3.8) is 0 Å². The first-order chi connectivity index (χ1) is 14.5. The average molecular weight is 396 g/mol. The zero-order valence-corrected chi connectivity index (χ0v) is 16.7. The Morgan fingerprint density at radius 3 is 2.57 bits per heavy atom. The van der Waals surface area contributed by atoms with E-state index in [0.29, 0.717) is 17.0 Å². The molecule has 0 bridgehead atoms. The number of phenolic OH excluding ortho intramolecular Hbond substituents is 1. The van der Waals surface area contributed by atoms with Gasteiger partial charge in [-0.2, -0.15) is 0 Å². The molecule has 0 saturated heterocycles. The van der Waals surface area contributed by atoms with E-state index in [4.69, 9.17) is 4.74 Å². The summed E-state index contributed by atoms with van der Waals surface area (Å²) in [4.78, 5) is 21.9. The number of aromatic hydroxyl groups is 1. The lowest BCUT2D eigenvalue weighted by molar-refractivity contribution is 0.0738. The highest BCUT2D eigenvalue weighted by atomic mass is 16.5. The molecule has 0 aliphatic carbocycles. The van der Waals surface area contributed by atoms with Crippen LogP contribution >= 0.6 is 0 Å². The molecule has 1 N–H and O–H groups in total. The van der Waals surface area contributed by atoms with Crippen molar-refractivity contribution in [2.24, 2.45) is 4.99 Å². The van der Waals surface area contributed by atoms with E-state index in [-0.39, 0.29) is 5.75 Å². The maximum Gasteiger partial charge on any atom is 0.345 e. The zero-order chi connectivity index (χ0) is 21.1. The van der Waals surface area contributed by atoms with Gasteiger partial charge < -0.3 is 9.84 Å². The van der Waals surface area contributed by atoms with E-state index in [2.05, 4.69) is 9.98 Å². The Labute approximate surface area is 174 Å². The smallest absolute Gasteiger partial charge is 0.345 e. The van der Waals surface area contributed by atoms with Crippen LogP contribution in [0.15, 0.2) is 77.8 Å². The third-order valence-corrected chi connectivity index (χ3v) is 4.63. The first kappa shape index (κ1) is 19.3. The molecule has 0 saturated carbocycles. The van der Waals surface area contributed by atoms with Gasteiger partial charge in [-0.15, -0.1) is 0 Å². The van der Waals surface area contributed by atoms with E-state index in [1.165, 1.54) is 0 Å². The number of nitrogens with zero attached hydrogens (tertiary/aromatic N) is 2. The van der Waals surface area contributed by atoms with Gasteiger partial charge in [0.1, 0.15) is 11.5 Å². The van der Waals surface area contributed by atoms with E-state index >= 15 is 0 Å². The lowest BCUT2D eigenvalue weighted by Gasteiger charge is -2.10. The Morgan fingerprint density at radius 1 is 1.00 bits per heavy atom. The van der Waals surface area contributed by atoms with Crippen LogP contribution in [-0.4, -0.2) is 22.3 Å². The van der Waals surface area contributed by atoms with Crippen molar-refractivity contribution in [3.05, 3.63) is 95.2 Å². The molecule has 0 fully saturated rings. The van der Waals surface area contributed by atoms with Gasteiger partial charge in [0.2, 0.25) is 0 Å². The molecule has 0 unspecified atom stereocenters. The average Bonchev–Trinajstić information content (AvgIpc) is 2.74. The van der Waals surface area contributed by atoms with E-state index in [1.807, 2.05) is 38.1 Å². The molecule has 30 heavy (non-hydrogen) atoms. The second-order valence-electron chi connectivity index (χ2n) is 7.04. The van der Waals surface area contributed by atoms with Crippen LogP contribution in [-0.2, 0) is 0 Å². The number of hydrogen-bond donors (Lipinski definition) is 1. The molecule has 0 aliphatic rings. The Morgan fingerprint density at radius 2 is 1.77 bits per heavy atom. The lowest BCUT2D eigenvalue weighted by Crippen LogP contribution is -2.09. The molecule has 4 aromatic rings. The molecule has 0 atom stereocenters. The SMILES string of the molecule is Cc1ccc2nc(C)cc(OC(=O)c3ccccc3N=Cc3ccc(O)cc3)c2c1. The second-order valence-corrected chi connectivity index (χ2v) is 7.04. The van der Waals surface area contributed by atoms with Crippen molar-refractivity contribution in [2.75, 3.05) is 0 Å². The number of benzene rings is 3. The van der Waals surface area contributed by atoms with Crippen LogP contribution in [0.2, 0.25) is 0 Å². The lowest BCUT2D eigenvalue weighted by atomic mass is 10.1. The Kier molecular flexibility index (Phi) is 5.26. The third kappa shape index (κ3) is 4.20. The molecule has 1 aromatic heterocycles. The summed E-state index contributed by atoms with van der Waals surface area (Å²) in [5, 5.41) is 10.2. The molecule has 5 heteroatoms. The topological polar surface area (TPSA) is 71.8 Å². The normalized spacial score (nSPS) is 11.1. The standard InChI is InChI=1S/C25H20N2O3/c1-16-7-12-23-21(13-16)24(14-17(2)27-23)30-25(29)20-5-3-4-6-22(20)26-15-18-8-10-19(28)11-9-18/h3-15,28H,1-2H3. The molecule has 0 amide bonds. The van der Waals surface area contributed by atoms with Crippen molar-refractivity contribution in [1.29, 1.82) is 0 Å². The number of pyridine rings is 1. The van der Waals surface area contributed by atoms with Crippen molar-refractivity contribution in [1.82, 2.24) is 4.98 Å². The number of rotatable bonds is 4. The number of esters is 1. The van der Waals surface area contributed by atoms with Crippen molar-refractivity contribution >= 4 is 28.8 Å². The van der Waals surface area contributed by atoms with Crippen molar-refractivity contribution in [3.8, 4) is 11.5 Å². The Balaban J connectivity index is 1.66. The minimum absolute atomic E-state index is 0.186. The van der Waals surface area contributed by atoms with Crippen LogP contribution in [0.4, 0.5) is 5.69 Å². The predicted molar refractivity (Wildman–Crippen MR) is 118 cm³/mol. The van der Waals surface area contributed by atoms with Gasteiger partial charge in [-0.05, 0) is 67.9 Å². The van der Waals surface area contributed by atoms with E-state index in [0.717, 1.165) is 27.7 Å². The summed E-state index contributed by atoms with van der Waals surface area (Å²) in [5.41, 5.74) is 4.28. The minimum Gasteiger partial charge on any atom is -0.508 e. The number of aryl methyl sites for hydroxylation is 2. The Bertz CT molecular complexity index is 1260. The number of phenols is 1. The first-order valence-corrected chi connectivity index (χ1v) is 9.52. The highest BCUT2D eigenvalue weighted by Gasteiger charge is 2.15. The fourth-order valence-electron chi connectivity index (χ4n) is 3.14. The summed E-state index contributed by atoms with van der Waals surface area (Å²) >= 11 is 0. The number of carbonyl (C=O) groups excluding carboxylic acids is 1. The highest BCUT2D eigenvalue weighted by Crippen LogP contribution is 2.28. The first-order valence-electron chi connectivity index (χ1n) is 9.52. The molecular formula is C25H20N2O3. The minimum atomic E-state index is -0.484. The quantitative estimate of drug-likeness (QED) is 0.364. The van der Waals surface area contributed by atoms with E-state index in [1.54, 1.807) is 54.7 Å². The number of aliphatic imine (C=N–C) groups is 1. The monoisotopic (exact) mass is 396 g/mol. The number of ether oxygens (including phenoxy) is 1. The fourth-order valence-corrected chi connectivity index (χ4v) is 3.14. The number of para-hydroxylation sites is 1. The van der Waals surface area contributed by atoms with Crippen LogP contribution in [0, 0.1) is 13.8 Å². The summed E-state index contributed by atoms with van der Waals surface area (Å²) in [6, 6.07) is 21.3. The molecule has 4 rings (SSSR count). The van der Waals surface area contributed by atoms with Crippen molar-refractivity contribution < 1.29 is 14.6 Å². The van der Waals surface area contributed by atoms with Gasteiger partial charge in [0.25, 0.3) is 0 Å². The molecule has 3 aromatic carbocycles. The molecule has 148 valence electrons. The van der Waals surface area contributed by atoms with Gasteiger partial charge in [-0.3, -0.25) is 9.98 Å². The predicted octanol–water partition coefficient (Wildman–Crippen LogP) is 5.53. The maximum atomic E-state index is 13.0. The Hall–Kier alpha value is -3.99. The van der Waals surface area contributed by atoms with E-state index < -0.39 is 5.97 Å². The third-order valence-electron chi connectivity index (χ3n) is 4.63. The maximum absolute atomic E-state index is 13.0. The van der Waals surface area contributed by atoms with Crippen molar-refractivity contribution in [2.45, 2.75) is 13.8 Å². The van der Waals surface area contributed by atoms with Gasteiger partial charge >= 0.3 is 5.97 Å². The zero-order valence-electron chi connectivity index (χ0n) is 16.7. The van der Waals surface area contributed by atoms with Crippen LogP contribution in [0.5, 0.6) is 11.5 Å². The second kappa shape index (κ2) is 8.17. The molecule has 0 spiro atoms. The molecule has 5 nitrogen and oxygen atoms in total. The number of aromatic nitrogens is 1. The highest BCUT2D eigenvalue weighted by molar-refractivity contribution is 5.99. The summed E-state index contributed by atoms with van der Waals surface area (Å²) < 4.78 is 5.77. The van der Waals surface area contributed by atoms with E-state index in [9.17, 15) is 9.90 Å². The molecule has 0 aliphatic heterocycles. The van der Waals surface area contributed by atoms with Gasteiger partial charge in [-0.25, -0.2) is 4.79 Å². The van der Waals surface area contributed by atoms with Crippen LogP contribution in [0.25, 0.3) is 10.9 Å². The molecule has 0 radical (unpaired) electrons. The van der Waals surface area contributed by atoms with Crippen LogP contribution in [0.3, 0.4) is 0 Å². The molecular weight excluding hydrogens is 376 g/mol. The largest absolute Gasteiger partial charge is 0.508 e. The number of carbonyl (C=O) groups is 1. The summed E-state index contributed by atoms with van der Waals surface area (Å²) in [5.74, 6) is 0.177. The van der Waals surface area contributed by atoms with Gasteiger partial charge in [-0.1, -0.05) is 23.8 Å². The van der Waals surface area contributed by atoms with Gasteiger partial charge in [0, 0.05) is 23.4 Å². The molecule has 1 heterocycles. The summed E-state index contributed by atoms with van der Waals surface area (Å²) in [6.45, 7) is 3.85. The van der Waals surface area contributed by atoms with Crippen LogP contribution < -0.4 is 4.74 Å². The summed E-state index contributed by atoms with van der Waals surface area (Å²) in [7, 11) is 0. The fraction of sp³-hybridized carbons (Fsp3) is 0.0800. The van der Waals surface area contributed by atoms with Crippen LogP contribution in [0.1, 0.15) is 27.2 Å². The van der Waals surface area contributed by atoms with Gasteiger partial charge in [0.05, 0.1) is 16.8 Å². The number of fused-ring (bicyclic) bond motifs is 1. The van der Waals surface area contributed by atoms with Gasteiger partial charge in [0.15, 0.2) is 0 Å². The number of hydrogen-bond acceptors (Lipinski definition) is 5. The summed E-state index contributed by atoms with van der Waals surface area (Å²) in [6.07, 6.45) is 1.64.